The highest BCUT2D eigenvalue weighted by molar-refractivity contribution is 6.06. The van der Waals surface area contributed by atoms with Crippen LogP contribution in [0.5, 0.6) is 11.5 Å². The van der Waals surface area contributed by atoms with Crippen LogP contribution in [0.2, 0.25) is 0 Å². The number of para-hydroxylation sites is 1. The van der Waals surface area contributed by atoms with Crippen LogP contribution in [-0.2, 0) is 9.59 Å². The van der Waals surface area contributed by atoms with E-state index in [2.05, 4.69) is 15.8 Å². The summed E-state index contributed by atoms with van der Waals surface area (Å²) in [5.41, 5.74) is 3.54. The lowest BCUT2D eigenvalue weighted by molar-refractivity contribution is -0.123. The zero-order valence-electron chi connectivity index (χ0n) is 15.6. The Morgan fingerprint density at radius 1 is 1.11 bits per heavy atom. The molecule has 2 rings (SSSR count). The number of hydrogen-bond acceptors (Lipinski definition) is 6. The van der Waals surface area contributed by atoms with Gasteiger partial charge in [-0.25, -0.2) is 5.43 Å². The molecular formula is C20H20N4O4. The Morgan fingerprint density at radius 2 is 1.86 bits per heavy atom. The summed E-state index contributed by atoms with van der Waals surface area (Å²) in [5.74, 6) is 0.310. The predicted octanol–water partition coefficient (Wildman–Crippen LogP) is 2.47. The molecule has 2 amide bonds. The van der Waals surface area contributed by atoms with Gasteiger partial charge in [0.05, 0.1) is 24.8 Å². The Balaban J connectivity index is 1.80. The second kappa shape index (κ2) is 10.3. The molecule has 0 fully saturated rings. The Hall–Kier alpha value is -3.86. The van der Waals surface area contributed by atoms with Crippen LogP contribution in [-0.4, -0.2) is 31.2 Å². The van der Waals surface area contributed by atoms with Crippen molar-refractivity contribution in [3.8, 4) is 17.6 Å². The Morgan fingerprint density at radius 3 is 2.61 bits per heavy atom. The fourth-order valence-corrected chi connectivity index (χ4v) is 2.19. The number of carbonyl (C=O) groups excluding carboxylic acids is 2. The number of nitrogens with one attached hydrogen (secondary N) is 2. The van der Waals surface area contributed by atoms with Gasteiger partial charge in [0.1, 0.15) is 17.6 Å². The SMILES string of the molecule is COc1cccc(OCC(=O)N/N=C(/C)CC(=O)Nc2ccccc2C#N)c1. The van der Waals surface area contributed by atoms with Crippen molar-refractivity contribution in [2.24, 2.45) is 5.10 Å². The lowest BCUT2D eigenvalue weighted by Crippen LogP contribution is -2.26. The van der Waals surface area contributed by atoms with E-state index in [4.69, 9.17) is 14.7 Å². The number of anilines is 1. The molecule has 8 heteroatoms. The molecule has 2 aromatic carbocycles. The number of hydrogen-bond donors (Lipinski definition) is 2. The molecule has 28 heavy (non-hydrogen) atoms. The first-order chi connectivity index (χ1) is 13.5. The number of methoxy groups -OCH3 is 1. The molecule has 0 spiro atoms. The second-order valence-corrected chi connectivity index (χ2v) is 5.73. The van der Waals surface area contributed by atoms with Crippen LogP contribution < -0.4 is 20.2 Å². The van der Waals surface area contributed by atoms with Gasteiger partial charge in [-0.2, -0.15) is 10.4 Å². The van der Waals surface area contributed by atoms with Crippen LogP contribution in [0.25, 0.3) is 0 Å². The van der Waals surface area contributed by atoms with Gasteiger partial charge in [0.2, 0.25) is 5.91 Å². The van der Waals surface area contributed by atoms with Gasteiger partial charge in [0.25, 0.3) is 5.91 Å². The van der Waals surface area contributed by atoms with E-state index in [9.17, 15) is 9.59 Å². The summed E-state index contributed by atoms with van der Waals surface area (Å²) in [5, 5.41) is 15.6. The van der Waals surface area contributed by atoms with Crippen molar-refractivity contribution in [3.63, 3.8) is 0 Å². The Kier molecular flexibility index (Phi) is 7.54. The van der Waals surface area contributed by atoms with Crippen LogP contribution >= 0.6 is 0 Å². The van der Waals surface area contributed by atoms with Gasteiger partial charge in [-0.3, -0.25) is 9.59 Å². The molecular weight excluding hydrogens is 360 g/mol. The number of hydrazone groups is 1. The van der Waals surface area contributed by atoms with Crippen molar-refractivity contribution >= 4 is 23.2 Å². The zero-order valence-corrected chi connectivity index (χ0v) is 15.6. The number of nitrogens with zero attached hydrogens (tertiary/aromatic N) is 2. The maximum Gasteiger partial charge on any atom is 0.277 e. The summed E-state index contributed by atoms with van der Waals surface area (Å²) >= 11 is 0. The first-order valence-electron chi connectivity index (χ1n) is 8.39. The van der Waals surface area contributed by atoms with Crippen molar-refractivity contribution in [1.29, 1.82) is 5.26 Å². The van der Waals surface area contributed by atoms with Gasteiger partial charge in [0, 0.05) is 11.8 Å². The molecule has 0 atom stereocenters. The standard InChI is InChI=1S/C20H20N4O4/c1-14(10-19(25)22-18-9-4-3-6-15(18)12-21)23-24-20(26)13-28-17-8-5-7-16(11-17)27-2/h3-9,11H,10,13H2,1-2H3,(H,22,25)(H,24,26)/b23-14-. The van der Waals surface area contributed by atoms with Crippen LogP contribution in [0.15, 0.2) is 53.6 Å². The number of rotatable bonds is 8. The molecule has 0 heterocycles. The summed E-state index contributed by atoms with van der Waals surface area (Å²) in [4.78, 5) is 23.9. The highest BCUT2D eigenvalue weighted by Crippen LogP contribution is 2.18. The molecule has 0 saturated carbocycles. The molecule has 144 valence electrons. The first kappa shape index (κ1) is 20.5. The Bertz CT molecular complexity index is 918. The molecule has 0 saturated heterocycles. The van der Waals surface area contributed by atoms with E-state index >= 15 is 0 Å². The molecule has 0 radical (unpaired) electrons. The fraction of sp³-hybridized carbons (Fsp3) is 0.200. The lowest BCUT2D eigenvalue weighted by Gasteiger charge is -2.08. The van der Waals surface area contributed by atoms with Crippen molar-refractivity contribution in [3.05, 3.63) is 54.1 Å². The molecule has 0 unspecified atom stereocenters. The highest BCUT2D eigenvalue weighted by atomic mass is 16.5. The number of ether oxygens (including phenoxy) is 2. The number of benzene rings is 2. The van der Waals surface area contributed by atoms with E-state index in [-0.39, 0.29) is 18.9 Å². The molecule has 0 aliphatic heterocycles. The van der Waals surface area contributed by atoms with Crippen LogP contribution in [0.4, 0.5) is 5.69 Å². The van der Waals surface area contributed by atoms with Crippen molar-refractivity contribution in [1.82, 2.24) is 5.43 Å². The maximum atomic E-state index is 12.1. The van der Waals surface area contributed by atoms with E-state index in [0.29, 0.717) is 28.5 Å². The average molecular weight is 380 g/mol. The second-order valence-electron chi connectivity index (χ2n) is 5.73. The van der Waals surface area contributed by atoms with E-state index in [1.54, 1.807) is 62.6 Å². The quantitative estimate of drug-likeness (QED) is 0.540. The first-order valence-corrected chi connectivity index (χ1v) is 8.39. The molecule has 8 nitrogen and oxygen atoms in total. The van der Waals surface area contributed by atoms with E-state index in [0.717, 1.165) is 0 Å². The molecule has 0 aromatic heterocycles. The number of nitriles is 1. The molecule has 0 aliphatic carbocycles. The minimum absolute atomic E-state index is 0.0310. The van der Waals surface area contributed by atoms with Gasteiger partial charge >= 0.3 is 0 Å². The predicted molar refractivity (Wildman–Crippen MR) is 104 cm³/mol. The van der Waals surface area contributed by atoms with Gasteiger partial charge in [-0.05, 0) is 31.2 Å². The summed E-state index contributed by atoms with van der Waals surface area (Å²) < 4.78 is 10.4. The maximum absolute atomic E-state index is 12.1. The van der Waals surface area contributed by atoms with E-state index < -0.39 is 5.91 Å². The summed E-state index contributed by atoms with van der Waals surface area (Å²) in [6, 6.07) is 15.6. The third-order valence-corrected chi connectivity index (χ3v) is 3.52. The van der Waals surface area contributed by atoms with Gasteiger partial charge in [-0.1, -0.05) is 18.2 Å². The smallest absolute Gasteiger partial charge is 0.277 e. The zero-order chi connectivity index (χ0) is 20.4. The number of carbonyl (C=O) groups is 2. The van der Waals surface area contributed by atoms with Crippen molar-refractivity contribution in [2.75, 3.05) is 19.0 Å². The van der Waals surface area contributed by atoms with Gasteiger partial charge in [-0.15, -0.1) is 0 Å². The molecule has 0 aliphatic rings. The van der Waals surface area contributed by atoms with Crippen molar-refractivity contribution < 1.29 is 19.1 Å². The van der Waals surface area contributed by atoms with Crippen LogP contribution in [0, 0.1) is 11.3 Å². The summed E-state index contributed by atoms with van der Waals surface area (Å²) in [6.07, 6.45) is -0.0310. The topological polar surface area (TPSA) is 113 Å². The van der Waals surface area contributed by atoms with E-state index in [1.165, 1.54) is 0 Å². The lowest BCUT2D eigenvalue weighted by atomic mass is 10.2. The molecule has 2 aromatic rings. The van der Waals surface area contributed by atoms with Crippen molar-refractivity contribution in [2.45, 2.75) is 13.3 Å². The monoisotopic (exact) mass is 380 g/mol. The summed E-state index contributed by atoms with van der Waals surface area (Å²) in [6.45, 7) is 1.38. The Labute approximate surface area is 162 Å². The summed E-state index contributed by atoms with van der Waals surface area (Å²) in [7, 11) is 1.54. The molecule has 0 bridgehead atoms. The molecule has 2 N–H and O–H groups in total. The third-order valence-electron chi connectivity index (χ3n) is 3.52. The van der Waals surface area contributed by atoms with Crippen LogP contribution in [0.1, 0.15) is 18.9 Å². The fourth-order valence-electron chi connectivity index (χ4n) is 2.19. The highest BCUT2D eigenvalue weighted by Gasteiger charge is 2.08. The third kappa shape index (κ3) is 6.46. The normalized spacial score (nSPS) is 10.5. The van der Waals surface area contributed by atoms with E-state index in [1.807, 2.05) is 6.07 Å². The van der Waals surface area contributed by atoms with Gasteiger partial charge < -0.3 is 14.8 Å². The van der Waals surface area contributed by atoms with Gasteiger partial charge in [0.15, 0.2) is 6.61 Å². The minimum atomic E-state index is -0.461. The minimum Gasteiger partial charge on any atom is -0.497 e. The average Bonchev–Trinajstić information content (AvgIpc) is 2.71. The largest absolute Gasteiger partial charge is 0.497 e. The van der Waals surface area contributed by atoms with Crippen LogP contribution in [0.3, 0.4) is 0 Å². The number of amides is 2.